The minimum atomic E-state index is 0.402. The summed E-state index contributed by atoms with van der Waals surface area (Å²) in [4.78, 5) is 5.28. The first-order valence-corrected chi connectivity index (χ1v) is 8.51. The second-order valence-corrected chi connectivity index (χ2v) is 6.49. The number of ether oxygens (including phenoxy) is 1. The van der Waals surface area contributed by atoms with E-state index in [1.54, 1.807) is 0 Å². The fraction of sp³-hybridized carbons (Fsp3) is 1.00. The molecular formula is C15H30N2OS. The van der Waals surface area contributed by atoms with E-state index in [1.807, 2.05) is 0 Å². The largest absolute Gasteiger partial charge is 0.381 e. The van der Waals surface area contributed by atoms with Gasteiger partial charge >= 0.3 is 0 Å². The van der Waals surface area contributed by atoms with Crippen LogP contribution in [0.3, 0.4) is 0 Å². The molecule has 1 atom stereocenters. The molecule has 2 rings (SSSR count). The van der Waals surface area contributed by atoms with Crippen LogP contribution in [0.2, 0.25) is 0 Å². The van der Waals surface area contributed by atoms with Gasteiger partial charge in [0.15, 0.2) is 0 Å². The molecule has 2 heterocycles. The van der Waals surface area contributed by atoms with Crippen molar-refractivity contribution in [3.63, 3.8) is 0 Å². The zero-order valence-corrected chi connectivity index (χ0v) is 13.5. The van der Waals surface area contributed by atoms with Gasteiger partial charge in [-0.25, -0.2) is 0 Å². The minimum absolute atomic E-state index is 0.402. The number of hydrogen-bond donors (Lipinski definition) is 1. The summed E-state index contributed by atoms with van der Waals surface area (Å²) in [6, 6.07) is 0.770. The first-order valence-electron chi connectivity index (χ1n) is 7.88. The van der Waals surface area contributed by atoms with Crippen LogP contribution in [-0.2, 0) is 4.74 Å². The molecule has 0 amide bonds. The lowest BCUT2D eigenvalue weighted by atomic mass is 9.81. The number of thiol groups is 1. The van der Waals surface area contributed by atoms with Crippen LogP contribution >= 0.6 is 12.6 Å². The standard InChI is InChI=1S/C15H30N2OS/c1-3-17(4-2)14-5-8-16(11-14)12-15(13-19)6-9-18-10-7-15/h14,19H,3-13H2,1-2H3. The molecule has 1 unspecified atom stereocenters. The van der Waals surface area contributed by atoms with Crippen LogP contribution in [0.15, 0.2) is 0 Å². The second kappa shape index (κ2) is 7.30. The molecule has 0 aromatic rings. The van der Waals surface area contributed by atoms with Crippen LogP contribution < -0.4 is 0 Å². The van der Waals surface area contributed by atoms with Crippen molar-refractivity contribution in [3.05, 3.63) is 0 Å². The van der Waals surface area contributed by atoms with Crippen LogP contribution in [0.1, 0.15) is 33.1 Å². The van der Waals surface area contributed by atoms with E-state index in [4.69, 9.17) is 4.74 Å². The van der Waals surface area contributed by atoms with Gasteiger partial charge in [0, 0.05) is 32.3 Å². The van der Waals surface area contributed by atoms with Crippen molar-refractivity contribution in [3.8, 4) is 0 Å². The maximum absolute atomic E-state index is 5.52. The predicted octanol–water partition coefficient (Wildman–Crippen LogP) is 2.13. The Balaban J connectivity index is 1.86. The summed E-state index contributed by atoms with van der Waals surface area (Å²) >= 11 is 4.63. The minimum Gasteiger partial charge on any atom is -0.381 e. The van der Waals surface area contributed by atoms with E-state index in [9.17, 15) is 0 Å². The second-order valence-electron chi connectivity index (χ2n) is 6.17. The Morgan fingerprint density at radius 1 is 1.26 bits per heavy atom. The number of nitrogens with zero attached hydrogens (tertiary/aromatic N) is 2. The van der Waals surface area contributed by atoms with E-state index < -0.39 is 0 Å². The van der Waals surface area contributed by atoms with Crippen molar-refractivity contribution in [1.82, 2.24) is 9.80 Å². The summed E-state index contributed by atoms with van der Waals surface area (Å²) in [5, 5.41) is 0. The zero-order chi connectivity index (χ0) is 13.7. The number of likely N-dealkylation sites (tertiary alicyclic amines) is 1. The molecule has 0 aromatic heterocycles. The quantitative estimate of drug-likeness (QED) is 0.753. The molecule has 2 aliphatic heterocycles. The fourth-order valence-corrected chi connectivity index (χ4v) is 4.06. The number of hydrogen-bond acceptors (Lipinski definition) is 4. The van der Waals surface area contributed by atoms with Gasteiger partial charge in [-0.15, -0.1) is 0 Å². The molecule has 0 N–H and O–H groups in total. The Kier molecular flexibility index (Phi) is 6.00. The summed E-state index contributed by atoms with van der Waals surface area (Å²) in [5.41, 5.74) is 0.402. The maximum atomic E-state index is 5.52. The topological polar surface area (TPSA) is 15.7 Å². The van der Waals surface area contributed by atoms with Gasteiger partial charge in [-0.05, 0) is 50.1 Å². The third-order valence-electron chi connectivity index (χ3n) is 5.02. The highest BCUT2D eigenvalue weighted by Crippen LogP contribution is 2.34. The van der Waals surface area contributed by atoms with Gasteiger partial charge < -0.3 is 9.64 Å². The lowest BCUT2D eigenvalue weighted by molar-refractivity contribution is 0.0103. The molecule has 0 radical (unpaired) electrons. The van der Waals surface area contributed by atoms with Crippen LogP contribution in [0.25, 0.3) is 0 Å². The van der Waals surface area contributed by atoms with Crippen LogP contribution in [0, 0.1) is 5.41 Å². The average Bonchev–Trinajstić information content (AvgIpc) is 2.89. The molecule has 3 nitrogen and oxygen atoms in total. The van der Waals surface area contributed by atoms with E-state index in [0.29, 0.717) is 5.41 Å². The molecule has 0 aromatic carbocycles. The van der Waals surface area contributed by atoms with E-state index in [2.05, 4.69) is 36.3 Å². The predicted molar refractivity (Wildman–Crippen MR) is 84.1 cm³/mol. The van der Waals surface area contributed by atoms with E-state index in [0.717, 1.165) is 25.0 Å². The molecule has 0 bridgehead atoms. The van der Waals surface area contributed by atoms with Crippen molar-refractivity contribution in [2.45, 2.75) is 39.2 Å². The highest BCUT2D eigenvalue weighted by molar-refractivity contribution is 7.80. The number of rotatable bonds is 6. The van der Waals surface area contributed by atoms with Crippen LogP contribution in [0.5, 0.6) is 0 Å². The lowest BCUT2D eigenvalue weighted by Crippen LogP contribution is -2.43. The van der Waals surface area contributed by atoms with E-state index >= 15 is 0 Å². The Bertz CT molecular complexity index is 265. The monoisotopic (exact) mass is 286 g/mol. The van der Waals surface area contributed by atoms with E-state index in [-0.39, 0.29) is 0 Å². The SMILES string of the molecule is CCN(CC)C1CCN(CC2(CS)CCOCC2)C1. The molecule has 2 aliphatic rings. The molecule has 0 aliphatic carbocycles. The van der Waals surface area contributed by atoms with Gasteiger partial charge in [0.1, 0.15) is 0 Å². The van der Waals surface area contributed by atoms with Crippen LogP contribution in [0.4, 0.5) is 0 Å². The lowest BCUT2D eigenvalue weighted by Gasteiger charge is -2.39. The summed E-state index contributed by atoms with van der Waals surface area (Å²) in [6.07, 6.45) is 3.70. The van der Waals surface area contributed by atoms with Crippen molar-refractivity contribution in [2.24, 2.45) is 5.41 Å². The molecule has 2 saturated heterocycles. The average molecular weight is 286 g/mol. The van der Waals surface area contributed by atoms with Gasteiger partial charge in [-0.3, -0.25) is 4.90 Å². The van der Waals surface area contributed by atoms with Crippen molar-refractivity contribution >= 4 is 12.6 Å². The van der Waals surface area contributed by atoms with E-state index in [1.165, 1.54) is 52.0 Å². The highest BCUT2D eigenvalue weighted by atomic mass is 32.1. The van der Waals surface area contributed by atoms with Gasteiger partial charge in [-0.2, -0.15) is 12.6 Å². The van der Waals surface area contributed by atoms with Crippen LogP contribution in [-0.4, -0.2) is 67.5 Å². The smallest absolute Gasteiger partial charge is 0.0472 e. The Labute approximate surface area is 124 Å². The zero-order valence-electron chi connectivity index (χ0n) is 12.6. The van der Waals surface area contributed by atoms with Gasteiger partial charge in [0.25, 0.3) is 0 Å². The van der Waals surface area contributed by atoms with Gasteiger partial charge in [-0.1, -0.05) is 13.8 Å². The Morgan fingerprint density at radius 2 is 1.95 bits per heavy atom. The normalized spacial score (nSPS) is 28.1. The molecule has 112 valence electrons. The maximum Gasteiger partial charge on any atom is 0.0472 e. The summed E-state index contributed by atoms with van der Waals surface area (Å²) in [5.74, 6) is 1.00. The summed E-state index contributed by atoms with van der Waals surface area (Å²) in [6.45, 7) is 12.5. The number of likely N-dealkylation sites (N-methyl/N-ethyl adjacent to an activating group) is 1. The van der Waals surface area contributed by atoms with Crippen molar-refractivity contribution in [2.75, 3.05) is 51.7 Å². The van der Waals surface area contributed by atoms with Gasteiger partial charge in [0.05, 0.1) is 0 Å². The summed E-state index contributed by atoms with van der Waals surface area (Å²) < 4.78 is 5.52. The Morgan fingerprint density at radius 3 is 2.53 bits per heavy atom. The summed E-state index contributed by atoms with van der Waals surface area (Å²) in [7, 11) is 0. The fourth-order valence-electron chi connectivity index (χ4n) is 3.64. The molecular weight excluding hydrogens is 256 g/mol. The van der Waals surface area contributed by atoms with Crippen molar-refractivity contribution in [1.29, 1.82) is 0 Å². The third-order valence-corrected chi connectivity index (χ3v) is 5.69. The van der Waals surface area contributed by atoms with Crippen molar-refractivity contribution < 1.29 is 4.74 Å². The molecule has 19 heavy (non-hydrogen) atoms. The first kappa shape index (κ1) is 15.6. The van der Waals surface area contributed by atoms with Gasteiger partial charge in [0.2, 0.25) is 0 Å². The molecule has 2 fully saturated rings. The molecule has 0 saturated carbocycles. The highest BCUT2D eigenvalue weighted by Gasteiger charge is 2.36. The molecule has 0 spiro atoms. The molecule has 4 heteroatoms. The first-order chi connectivity index (χ1) is 9.23. The Hall–Kier alpha value is 0.230. The third kappa shape index (κ3) is 3.87.